The number of aryl methyl sites for hydroxylation is 1. The largest absolute Gasteiger partial charge is 0.390 e. The third-order valence-electron chi connectivity index (χ3n) is 13.4. The molecule has 17 heteroatoms. The molecule has 3 heterocycles. The Labute approximate surface area is 417 Å². The first-order valence-corrected chi connectivity index (χ1v) is 27.3. The van der Waals surface area contributed by atoms with Crippen LogP contribution < -0.4 is 25.2 Å². The van der Waals surface area contributed by atoms with Crippen LogP contribution in [0.15, 0.2) is 131 Å². The van der Waals surface area contributed by atoms with Crippen molar-refractivity contribution in [3.63, 3.8) is 0 Å². The van der Waals surface area contributed by atoms with Gasteiger partial charge in [-0.15, -0.1) is 11.8 Å². The summed E-state index contributed by atoms with van der Waals surface area (Å²) in [4.78, 5) is 21.9. The van der Waals surface area contributed by atoms with Gasteiger partial charge in [-0.3, -0.25) is 9.52 Å². The van der Waals surface area contributed by atoms with Crippen molar-refractivity contribution in [3.8, 4) is 22.4 Å². The molecule has 2 aliphatic heterocycles. The minimum atomic E-state index is -3.89. The summed E-state index contributed by atoms with van der Waals surface area (Å²) >= 11 is -0.428. The Hall–Kier alpha value is -5.69. The second kappa shape index (κ2) is 22.2. The van der Waals surface area contributed by atoms with Crippen LogP contribution in [0.1, 0.15) is 47.8 Å². The summed E-state index contributed by atoms with van der Waals surface area (Å²) in [6.45, 7) is 11.1. The Morgan fingerprint density at radius 2 is 1.50 bits per heavy atom. The quantitative estimate of drug-likeness (QED) is 0.0414. The lowest BCUT2D eigenvalue weighted by atomic mass is 9.94. The minimum Gasteiger partial charge on any atom is -0.390 e. The van der Waals surface area contributed by atoms with E-state index >= 15 is 0 Å². The van der Waals surface area contributed by atoms with Crippen LogP contribution in [0.4, 0.5) is 27.1 Å². The number of halogens is 1. The molecule has 0 saturated carbocycles. The molecule has 0 aliphatic carbocycles. The van der Waals surface area contributed by atoms with Gasteiger partial charge in [-0.05, 0) is 148 Å². The number of nitrogens with one attached hydrogen (secondary N) is 3. The molecular weight excluding hydrogens is 946 g/mol. The summed E-state index contributed by atoms with van der Waals surface area (Å²) in [6.07, 6.45) is 2.43. The second-order valence-corrected chi connectivity index (χ2v) is 22.2. The molecule has 2 saturated heterocycles. The van der Waals surface area contributed by atoms with Gasteiger partial charge < -0.3 is 39.6 Å². The van der Waals surface area contributed by atoms with Crippen molar-refractivity contribution in [2.45, 2.75) is 61.5 Å². The lowest BCUT2D eigenvalue weighted by molar-refractivity contribution is -0.00556. The summed E-state index contributed by atoms with van der Waals surface area (Å²) in [5.41, 5.74) is 7.41. The van der Waals surface area contributed by atoms with E-state index in [-0.39, 0.29) is 16.8 Å². The summed E-state index contributed by atoms with van der Waals surface area (Å²) in [7, 11) is -2.04. The van der Waals surface area contributed by atoms with Gasteiger partial charge in [0.05, 0.1) is 21.8 Å². The number of aliphatic hydroxyl groups is 1. The topological polar surface area (TPSA) is 159 Å². The number of hydrogen-bond donors (Lipinski definition) is 5. The van der Waals surface area contributed by atoms with Gasteiger partial charge in [-0.1, -0.05) is 30.3 Å². The standard InChI is InChI=1S/C53H62FN7O6S3/c1-37-33-47(21-22-48(37)56-43(35-68-46-11-6-5-7-12-46)23-26-59-27-24-53(3,63)25-28-59)70(66,67)57-42-17-19-44(20-18-42)60-29-31-61(32-30-60)45-10-8-9-40(34-45)50-49(52(62)55-36-69(64)65)38(2)58(4)51(50)39-13-15-41(54)16-14-39/h5-22,33-34,43,56-57,63H,23-32,35-36H2,1-4H3,(H,55,62)(H,64,65)/t43-/m1/s1. The molecule has 1 unspecified atom stereocenters. The van der Waals surface area contributed by atoms with E-state index in [1.165, 1.54) is 17.0 Å². The molecule has 1 aromatic heterocycles. The SMILES string of the molecule is Cc1cc(S(=O)(=O)Nc2ccc(N3CCN(c4cccc(-c5c(C(=O)NCS(=O)O)c(C)n(C)c5-c5ccc(F)cc5)c4)CC3)cc2)ccc1N[C@H](CCN1CCC(C)(O)CC1)CSc1ccccc1. The van der Waals surface area contributed by atoms with E-state index in [2.05, 4.69) is 42.2 Å². The summed E-state index contributed by atoms with van der Waals surface area (Å²) in [5, 5.41) is 16.8. The average Bonchev–Trinajstić information content (AvgIpc) is 3.62. The van der Waals surface area contributed by atoms with Crippen LogP contribution in [0.2, 0.25) is 0 Å². The number of anilines is 4. The van der Waals surface area contributed by atoms with Gasteiger partial charge in [0.25, 0.3) is 15.9 Å². The fourth-order valence-electron chi connectivity index (χ4n) is 9.25. The molecule has 0 spiro atoms. The van der Waals surface area contributed by atoms with E-state index in [4.69, 9.17) is 0 Å². The van der Waals surface area contributed by atoms with Gasteiger partial charge in [-0.25, -0.2) is 17.0 Å². The lowest BCUT2D eigenvalue weighted by Crippen LogP contribution is -2.46. The molecule has 0 radical (unpaired) electrons. The van der Waals surface area contributed by atoms with Crippen LogP contribution >= 0.6 is 11.8 Å². The molecule has 370 valence electrons. The lowest BCUT2D eigenvalue weighted by Gasteiger charge is -2.37. The summed E-state index contributed by atoms with van der Waals surface area (Å²) in [5.74, 6) is -0.433. The first kappa shape index (κ1) is 50.7. The Kier molecular flexibility index (Phi) is 16.0. The summed E-state index contributed by atoms with van der Waals surface area (Å²) < 4.78 is 67.1. The van der Waals surface area contributed by atoms with Crippen molar-refractivity contribution in [1.82, 2.24) is 14.8 Å². The molecular formula is C53H62FN7O6S3. The molecule has 1 amide bonds. The Morgan fingerprint density at radius 1 is 0.829 bits per heavy atom. The van der Waals surface area contributed by atoms with E-state index in [9.17, 15) is 31.5 Å². The maximum absolute atomic E-state index is 14.0. The van der Waals surface area contributed by atoms with E-state index < -0.39 is 38.5 Å². The smallest absolute Gasteiger partial charge is 0.261 e. The highest BCUT2D eigenvalue weighted by Crippen LogP contribution is 2.40. The van der Waals surface area contributed by atoms with Gasteiger partial charge in [0.1, 0.15) is 11.7 Å². The number of rotatable bonds is 18. The molecule has 2 aliphatic rings. The van der Waals surface area contributed by atoms with Gasteiger partial charge in [0, 0.05) is 104 Å². The van der Waals surface area contributed by atoms with Crippen LogP contribution in [0, 0.1) is 19.7 Å². The highest BCUT2D eigenvalue weighted by molar-refractivity contribution is 7.99. The van der Waals surface area contributed by atoms with Gasteiger partial charge >= 0.3 is 0 Å². The number of amides is 1. The molecule has 2 fully saturated rings. The van der Waals surface area contributed by atoms with Crippen molar-refractivity contribution >= 4 is 61.5 Å². The molecule has 5 N–H and O–H groups in total. The molecule has 8 rings (SSSR count). The van der Waals surface area contributed by atoms with Crippen molar-refractivity contribution in [3.05, 3.63) is 144 Å². The average molecular weight is 1010 g/mol. The van der Waals surface area contributed by atoms with Crippen LogP contribution in [0.5, 0.6) is 0 Å². The second-order valence-electron chi connectivity index (χ2n) is 18.5. The zero-order valence-corrected chi connectivity index (χ0v) is 42.5. The number of thioether (sulfide) groups is 1. The number of aromatic nitrogens is 1. The number of piperazine rings is 1. The number of benzene rings is 5. The predicted molar refractivity (Wildman–Crippen MR) is 282 cm³/mol. The number of sulfonamides is 1. The maximum atomic E-state index is 14.0. The van der Waals surface area contributed by atoms with Gasteiger partial charge in [-0.2, -0.15) is 0 Å². The first-order chi connectivity index (χ1) is 33.5. The van der Waals surface area contributed by atoms with E-state index in [0.717, 1.165) is 84.1 Å². The van der Waals surface area contributed by atoms with Crippen LogP contribution in [-0.2, 0) is 28.2 Å². The zero-order valence-electron chi connectivity index (χ0n) is 40.0. The van der Waals surface area contributed by atoms with E-state index in [0.29, 0.717) is 48.7 Å². The Balaban J connectivity index is 0.904. The molecule has 6 aromatic rings. The van der Waals surface area contributed by atoms with Crippen molar-refractivity contribution in [2.24, 2.45) is 7.05 Å². The van der Waals surface area contributed by atoms with Crippen molar-refractivity contribution < 1.29 is 31.5 Å². The first-order valence-electron chi connectivity index (χ1n) is 23.6. The Bertz CT molecular complexity index is 2900. The predicted octanol–water partition coefficient (Wildman–Crippen LogP) is 8.96. The van der Waals surface area contributed by atoms with Crippen molar-refractivity contribution in [2.75, 3.05) is 77.3 Å². The molecule has 2 atom stereocenters. The van der Waals surface area contributed by atoms with E-state index in [1.54, 1.807) is 48.2 Å². The summed E-state index contributed by atoms with van der Waals surface area (Å²) in [6, 6.07) is 37.2. The molecule has 0 bridgehead atoms. The van der Waals surface area contributed by atoms with Crippen LogP contribution in [-0.4, -0.2) is 107 Å². The third kappa shape index (κ3) is 12.4. The number of likely N-dealkylation sites (tertiary alicyclic amines) is 1. The van der Waals surface area contributed by atoms with Gasteiger partial charge in [0.15, 0.2) is 11.1 Å². The minimum absolute atomic E-state index is 0.136. The number of carbonyl (C=O) groups is 1. The third-order valence-corrected chi connectivity index (χ3v) is 16.4. The number of hydrogen-bond acceptors (Lipinski definition) is 10. The number of piperidine rings is 1. The monoisotopic (exact) mass is 1010 g/mol. The zero-order chi connectivity index (χ0) is 49.6. The molecule has 5 aromatic carbocycles. The highest BCUT2D eigenvalue weighted by atomic mass is 32.2. The normalized spacial score (nSPS) is 16.2. The van der Waals surface area contributed by atoms with Crippen LogP contribution in [0.25, 0.3) is 22.4 Å². The highest BCUT2D eigenvalue weighted by Gasteiger charge is 2.29. The number of carbonyl (C=O) groups excluding carboxylic acids is 1. The van der Waals surface area contributed by atoms with E-state index in [1.807, 2.05) is 93.0 Å². The molecule has 13 nitrogen and oxygen atoms in total. The fourth-order valence-corrected chi connectivity index (χ4v) is 11.6. The number of nitrogens with zero attached hydrogens (tertiary/aromatic N) is 4. The van der Waals surface area contributed by atoms with Gasteiger partial charge in [0.2, 0.25) is 0 Å². The molecule has 70 heavy (non-hydrogen) atoms. The fraction of sp³-hybridized carbons (Fsp3) is 0.340. The van der Waals surface area contributed by atoms with Crippen LogP contribution in [0.3, 0.4) is 0 Å². The Morgan fingerprint density at radius 3 is 2.16 bits per heavy atom. The van der Waals surface area contributed by atoms with Crippen molar-refractivity contribution in [1.29, 1.82) is 0 Å². The maximum Gasteiger partial charge on any atom is 0.261 e.